The maximum absolute atomic E-state index is 10.8. The standard InChI is InChI=1S/C11H13N5O/c12-11(17)13-16-7-10-9-4-2-1-3-8(9)5-6-15(10)14-16/h1-4,7,14H,5-6H2,(H3,12,13,17). The van der Waals surface area contributed by atoms with E-state index in [1.807, 2.05) is 23.3 Å². The molecule has 6 nitrogen and oxygen atoms in total. The molecule has 0 saturated carbocycles. The van der Waals surface area contributed by atoms with Crippen molar-refractivity contribution in [3.63, 3.8) is 0 Å². The highest BCUT2D eigenvalue weighted by Crippen LogP contribution is 2.29. The van der Waals surface area contributed by atoms with E-state index in [9.17, 15) is 4.79 Å². The molecule has 6 heteroatoms. The molecule has 2 aliphatic heterocycles. The van der Waals surface area contributed by atoms with E-state index in [0.29, 0.717) is 0 Å². The van der Waals surface area contributed by atoms with Crippen LogP contribution >= 0.6 is 0 Å². The van der Waals surface area contributed by atoms with Gasteiger partial charge in [-0.05, 0) is 12.0 Å². The zero-order valence-corrected chi connectivity index (χ0v) is 9.18. The third kappa shape index (κ3) is 1.68. The highest BCUT2D eigenvalue weighted by atomic mass is 16.2. The van der Waals surface area contributed by atoms with Crippen LogP contribution in [0.2, 0.25) is 0 Å². The van der Waals surface area contributed by atoms with Crippen molar-refractivity contribution < 1.29 is 4.79 Å². The number of fused-ring (bicyclic) bond motifs is 3. The average molecular weight is 231 g/mol. The second-order valence-corrected chi connectivity index (χ2v) is 4.02. The van der Waals surface area contributed by atoms with Crippen LogP contribution in [-0.4, -0.2) is 22.7 Å². The summed E-state index contributed by atoms with van der Waals surface area (Å²) >= 11 is 0. The Bertz CT molecular complexity index is 498. The molecule has 4 N–H and O–H groups in total. The van der Waals surface area contributed by atoms with Gasteiger partial charge in [-0.25, -0.2) is 15.3 Å². The molecule has 0 spiro atoms. The van der Waals surface area contributed by atoms with Crippen LogP contribution in [0.4, 0.5) is 4.79 Å². The quantitative estimate of drug-likeness (QED) is 0.644. The third-order valence-corrected chi connectivity index (χ3v) is 2.90. The molecule has 0 atom stereocenters. The van der Waals surface area contributed by atoms with Crippen LogP contribution in [0.5, 0.6) is 0 Å². The Labute approximate surface area is 98.6 Å². The number of amides is 2. The van der Waals surface area contributed by atoms with Gasteiger partial charge in [0.15, 0.2) is 0 Å². The van der Waals surface area contributed by atoms with Crippen LogP contribution in [0.25, 0.3) is 5.70 Å². The number of nitrogens with two attached hydrogens (primary N) is 1. The highest BCUT2D eigenvalue weighted by molar-refractivity contribution is 5.73. The Kier molecular flexibility index (Phi) is 2.15. The average Bonchev–Trinajstić information content (AvgIpc) is 2.70. The first-order valence-corrected chi connectivity index (χ1v) is 5.43. The number of nitrogens with one attached hydrogen (secondary N) is 2. The Hall–Kier alpha value is -2.21. The Balaban J connectivity index is 1.93. The molecule has 88 valence electrons. The zero-order valence-electron chi connectivity index (χ0n) is 9.18. The largest absolute Gasteiger partial charge is 0.350 e. The molecule has 3 rings (SSSR count). The van der Waals surface area contributed by atoms with Crippen LogP contribution in [0.1, 0.15) is 11.1 Å². The van der Waals surface area contributed by atoms with E-state index < -0.39 is 6.03 Å². The summed E-state index contributed by atoms with van der Waals surface area (Å²) < 4.78 is 0. The number of nitrogens with zero attached hydrogens (tertiary/aromatic N) is 2. The van der Waals surface area contributed by atoms with Crippen molar-refractivity contribution in [2.24, 2.45) is 5.73 Å². The summed E-state index contributed by atoms with van der Waals surface area (Å²) in [5, 5.41) is 3.46. The maximum atomic E-state index is 10.8. The van der Waals surface area contributed by atoms with Gasteiger partial charge in [0, 0.05) is 12.1 Å². The molecule has 0 unspecified atom stereocenters. The van der Waals surface area contributed by atoms with E-state index in [2.05, 4.69) is 23.1 Å². The van der Waals surface area contributed by atoms with Gasteiger partial charge < -0.3 is 5.73 Å². The molecule has 0 bridgehead atoms. The second-order valence-electron chi connectivity index (χ2n) is 4.02. The van der Waals surface area contributed by atoms with E-state index in [4.69, 9.17) is 5.73 Å². The normalized spacial score (nSPS) is 17.3. The van der Waals surface area contributed by atoms with Crippen LogP contribution in [0.15, 0.2) is 30.5 Å². The number of primary amides is 1. The van der Waals surface area contributed by atoms with E-state index >= 15 is 0 Å². The lowest BCUT2D eigenvalue weighted by Crippen LogP contribution is -2.51. The first kappa shape index (κ1) is 9.98. The summed E-state index contributed by atoms with van der Waals surface area (Å²) in [6, 6.07) is 7.65. The summed E-state index contributed by atoms with van der Waals surface area (Å²) in [5.74, 6) is 0. The molecule has 0 aromatic heterocycles. The molecule has 17 heavy (non-hydrogen) atoms. The lowest BCUT2D eigenvalue weighted by Gasteiger charge is -2.29. The van der Waals surface area contributed by atoms with Gasteiger partial charge in [-0.3, -0.25) is 5.01 Å². The minimum atomic E-state index is -0.595. The fourth-order valence-electron chi connectivity index (χ4n) is 2.19. The van der Waals surface area contributed by atoms with Crippen molar-refractivity contribution in [2.45, 2.75) is 6.42 Å². The molecular weight excluding hydrogens is 218 g/mol. The lowest BCUT2D eigenvalue weighted by atomic mass is 9.98. The fourth-order valence-corrected chi connectivity index (χ4v) is 2.19. The van der Waals surface area contributed by atoms with Crippen molar-refractivity contribution >= 4 is 11.7 Å². The molecule has 0 radical (unpaired) electrons. The highest BCUT2D eigenvalue weighted by Gasteiger charge is 2.27. The van der Waals surface area contributed by atoms with E-state index in [-0.39, 0.29) is 0 Å². The second kappa shape index (κ2) is 3.67. The van der Waals surface area contributed by atoms with E-state index in [1.165, 1.54) is 16.2 Å². The van der Waals surface area contributed by atoms with Crippen molar-refractivity contribution in [1.29, 1.82) is 0 Å². The SMILES string of the molecule is NC(=O)NN1C=C2c3ccccc3CCN2N1. The number of hydrazine groups is 3. The fraction of sp³-hybridized carbons (Fsp3) is 0.182. The Morgan fingerprint density at radius 1 is 1.41 bits per heavy atom. The summed E-state index contributed by atoms with van der Waals surface area (Å²) in [6.07, 6.45) is 2.80. The first-order valence-electron chi connectivity index (χ1n) is 5.43. The number of hydrogen-bond donors (Lipinski definition) is 3. The Morgan fingerprint density at radius 2 is 2.24 bits per heavy atom. The molecule has 1 aromatic rings. The van der Waals surface area contributed by atoms with Crippen molar-refractivity contribution in [3.8, 4) is 0 Å². The number of benzene rings is 1. The lowest BCUT2D eigenvalue weighted by molar-refractivity contribution is 0.105. The summed E-state index contributed by atoms with van der Waals surface area (Å²) in [5.41, 5.74) is 14.1. The molecule has 0 aliphatic carbocycles. The van der Waals surface area contributed by atoms with Gasteiger partial charge in [-0.2, -0.15) is 0 Å². The first-order chi connectivity index (χ1) is 8.24. The predicted octanol–water partition coefficient (Wildman–Crippen LogP) is 0.162. The third-order valence-electron chi connectivity index (χ3n) is 2.90. The molecular formula is C11H13N5O. The van der Waals surface area contributed by atoms with Crippen LogP contribution in [-0.2, 0) is 6.42 Å². The van der Waals surface area contributed by atoms with Gasteiger partial charge in [0.1, 0.15) is 0 Å². The number of urea groups is 1. The van der Waals surface area contributed by atoms with E-state index in [0.717, 1.165) is 18.7 Å². The van der Waals surface area contributed by atoms with Crippen molar-refractivity contribution in [1.82, 2.24) is 21.1 Å². The smallest absolute Gasteiger partial charge is 0.332 e. The predicted molar refractivity (Wildman–Crippen MR) is 62.5 cm³/mol. The number of hydrogen-bond acceptors (Lipinski definition) is 4. The van der Waals surface area contributed by atoms with E-state index in [1.54, 1.807) is 0 Å². The number of rotatable bonds is 1. The summed E-state index contributed by atoms with van der Waals surface area (Å²) in [6.45, 7) is 0.861. The van der Waals surface area contributed by atoms with Gasteiger partial charge in [0.2, 0.25) is 0 Å². The minimum Gasteiger partial charge on any atom is -0.350 e. The maximum Gasteiger partial charge on any atom is 0.332 e. The number of carbonyl (C=O) groups is 1. The molecule has 2 aliphatic rings. The van der Waals surface area contributed by atoms with Gasteiger partial charge >= 0.3 is 6.03 Å². The van der Waals surface area contributed by atoms with Crippen LogP contribution in [0, 0.1) is 0 Å². The topological polar surface area (TPSA) is 73.6 Å². The van der Waals surface area contributed by atoms with Gasteiger partial charge in [-0.15, -0.1) is 5.53 Å². The van der Waals surface area contributed by atoms with Crippen LogP contribution < -0.4 is 16.7 Å². The minimum absolute atomic E-state index is 0.595. The van der Waals surface area contributed by atoms with Crippen molar-refractivity contribution in [3.05, 3.63) is 41.6 Å². The van der Waals surface area contributed by atoms with Crippen LogP contribution in [0.3, 0.4) is 0 Å². The van der Waals surface area contributed by atoms with Gasteiger partial charge in [-0.1, -0.05) is 24.3 Å². The Morgan fingerprint density at radius 3 is 3.06 bits per heavy atom. The van der Waals surface area contributed by atoms with Gasteiger partial charge in [0.05, 0.1) is 11.9 Å². The molecule has 0 fully saturated rings. The summed E-state index contributed by atoms with van der Waals surface area (Å²) in [7, 11) is 0. The molecule has 2 heterocycles. The zero-order chi connectivity index (χ0) is 11.8. The molecule has 1 aromatic carbocycles. The van der Waals surface area contributed by atoms with Gasteiger partial charge in [0.25, 0.3) is 0 Å². The summed E-state index contributed by atoms with van der Waals surface area (Å²) in [4.78, 5) is 10.8. The van der Waals surface area contributed by atoms with Crippen molar-refractivity contribution in [2.75, 3.05) is 6.54 Å². The molecule has 0 saturated heterocycles. The monoisotopic (exact) mass is 231 g/mol. The number of carbonyl (C=O) groups excluding carboxylic acids is 1. The molecule has 2 amide bonds.